The Morgan fingerprint density at radius 3 is 2.90 bits per heavy atom. The Balaban J connectivity index is 1.69. The molecule has 2 aromatic carbocycles. The number of rotatable bonds is 4. The topological polar surface area (TPSA) is 89.5 Å². The molecule has 8 heteroatoms. The number of halogens is 1. The minimum Gasteiger partial charge on any atom is -0.368 e. The first-order valence-corrected chi connectivity index (χ1v) is 10.0. The maximum atomic E-state index is 12.5. The molecule has 0 aliphatic carbocycles. The molecule has 4 rings (SSSR count). The van der Waals surface area contributed by atoms with Crippen LogP contribution in [0, 0.1) is 6.92 Å². The van der Waals surface area contributed by atoms with Gasteiger partial charge >= 0.3 is 0 Å². The van der Waals surface area contributed by atoms with Crippen LogP contribution >= 0.6 is 23.4 Å². The number of nitrogens with one attached hydrogen (secondary N) is 1. The predicted octanol–water partition coefficient (Wildman–Crippen LogP) is 3.98. The van der Waals surface area contributed by atoms with E-state index in [2.05, 4.69) is 10.3 Å². The molecule has 1 aliphatic rings. The number of benzene rings is 2. The van der Waals surface area contributed by atoms with Gasteiger partial charge in [-0.05, 0) is 48.5 Å². The molecule has 1 fully saturated rings. The fraction of sp³-hybridized carbons (Fsp3) is 0.0952. The van der Waals surface area contributed by atoms with Gasteiger partial charge in [-0.15, -0.1) is 0 Å². The molecule has 0 radical (unpaired) electrons. The summed E-state index contributed by atoms with van der Waals surface area (Å²) in [4.78, 5) is 28.9. The Bertz CT molecular complexity index is 1210. The average molecular weight is 425 g/mol. The summed E-state index contributed by atoms with van der Waals surface area (Å²) in [5.41, 5.74) is 8.74. The largest absolute Gasteiger partial charge is 0.368 e. The number of aromatic nitrogens is 1. The highest BCUT2D eigenvalue weighted by molar-refractivity contribution is 8.18. The first-order chi connectivity index (χ1) is 13.9. The number of aryl methyl sites for hydroxylation is 1. The Kier molecular flexibility index (Phi) is 5.17. The number of carbonyl (C=O) groups excluding carboxylic acids is 2. The minimum absolute atomic E-state index is 0.0732. The average Bonchev–Trinajstić information content (AvgIpc) is 3.19. The van der Waals surface area contributed by atoms with Gasteiger partial charge in [0.2, 0.25) is 5.91 Å². The second-order valence-corrected chi connectivity index (χ2v) is 8.08. The van der Waals surface area contributed by atoms with E-state index >= 15 is 0 Å². The third-order valence-corrected chi connectivity index (χ3v) is 5.62. The van der Waals surface area contributed by atoms with Crippen LogP contribution in [0.25, 0.3) is 17.0 Å². The van der Waals surface area contributed by atoms with E-state index < -0.39 is 5.91 Å². The number of hydrogen-bond donors (Lipinski definition) is 2. The molecule has 6 nitrogen and oxygen atoms in total. The Morgan fingerprint density at radius 2 is 2.10 bits per heavy atom. The lowest BCUT2D eigenvalue weighted by Crippen LogP contribution is -2.19. The second kappa shape index (κ2) is 7.77. The summed E-state index contributed by atoms with van der Waals surface area (Å²) >= 11 is 7.31. The van der Waals surface area contributed by atoms with Crippen LogP contribution in [-0.4, -0.2) is 21.5 Å². The van der Waals surface area contributed by atoms with E-state index in [0.717, 1.165) is 22.0 Å². The van der Waals surface area contributed by atoms with Gasteiger partial charge in [0.25, 0.3) is 5.91 Å². The summed E-state index contributed by atoms with van der Waals surface area (Å²) in [6.07, 6.45) is 3.62. The maximum absolute atomic E-state index is 12.5. The molecular formula is C21H17ClN4O2S. The SMILES string of the molecule is Cc1ccc(Cl)cc1N=C1NC(=O)C(=Cc2cn(CC(N)=O)c3ccccc23)S1. The number of amidine groups is 1. The summed E-state index contributed by atoms with van der Waals surface area (Å²) < 4.78 is 1.78. The van der Waals surface area contributed by atoms with Crippen molar-refractivity contribution in [2.45, 2.75) is 13.5 Å². The van der Waals surface area contributed by atoms with E-state index in [9.17, 15) is 9.59 Å². The molecule has 1 aromatic heterocycles. The quantitative estimate of drug-likeness (QED) is 0.621. The summed E-state index contributed by atoms with van der Waals surface area (Å²) in [5, 5.41) is 4.80. The first-order valence-electron chi connectivity index (χ1n) is 8.82. The van der Waals surface area contributed by atoms with Crippen molar-refractivity contribution in [3.63, 3.8) is 0 Å². The zero-order chi connectivity index (χ0) is 20.5. The Hall–Kier alpha value is -3.03. The van der Waals surface area contributed by atoms with Gasteiger partial charge in [-0.1, -0.05) is 35.9 Å². The third-order valence-electron chi connectivity index (χ3n) is 4.48. The maximum Gasteiger partial charge on any atom is 0.264 e. The van der Waals surface area contributed by atoms with E-state index in [-0.39, 0.29) is 12.5 Å². The predicted molar refractivity (Wildman–Crippen MR) is 118 cm³/mol. The molecule has 2 amide bonds. The van der Waals surface area contributed by atoms with Crippen LogP contribution in [0.3, 0.4) is 0 Å². The molecule has 0 atom stereocenters. The standard InChI is InChI=1S/C21H17ClN4O2S/c1-12-6-7-14(22)9-16(12)24-21-25-20(28)18(29-21)8-13-10-26(11-19(23)27)17-5-3-2-4-15(13)17/h2-10H,11H2,1H3,(H2,23,27)(H,24,25,28). The molecule has 0 unspecified atom stereocenters. The molecule has 3 N–H and O–H groups in total. The van der Waals surface area contributed by atoms with Crippen molar-refractivity contribution in [2.75, 3.05) is 0 Å². The van der Waals surface area contributed by atoms with Gasteiger partial charge in [0.1, 0.15) is 6.54 Å². The van der Waals surface area contributed by atoms with E-state index in [1.807, 2.05) is 43.5 Å². The third kappa shape index (κ3) is 4.06. The minimum atomic E-state index is -0.427. The molecule has 0 saturated carbocycles. The lowest BCUT2D eigenvalue weighted by Gasteiger charge is -2.01. The summed E-state index contributed by atoms with van der Waals surface area (Å²) in [7, 11) is 0. The second-order valence-electron chi connectivity index (χ2n) is 6.61. The fourth-order valence-corrected chi connectivity index (χ4v) is 4.12. The van der Waals surface area contributed by atoms with Crippen molar-refractivity contribution < 1.29 is 9.59 Å². The molecule has 2 heterocycles. The summed E-state index contributed by atoms with van der Waals surface area (Å²) in [5.74, 6) is -0.649. The lowest BCUT2D eigenvalue weighted by atomic mass is 10.1. The number of amides is 2. The highest BCUT2D eigenvalue weighted by Gasteiger charge is 2.24. The van der Waals surface area contributed by atoms with Crippen LogP contribution in [0.4, 0.5) is 5.69 Å². The number of aliphatic imine (C=N–C) groups is 1. The molecule has 0 spiro atoms. The lowest BCUT2D eigenvalue weighted by molar-refractivity contribution is -0.118. The number of nitrogens with two attached hydrogens (primary N) is 1. The smallest absolute Gasteiger partial charge is 0.264 e. The number of thioether (sulfide) groups is 1. The number of carbonyl (C=O) groups is 2. The zero-order valence-corrected chi connectivity index (χ0v) is 17.1. The van der Waals surface area contributed by atoms with E-state index in [0.29, 0.717) is 20.8 Å². The number of nitrogens with zero attached hydrogens (tertiary/aromatic N) is 2. The Labute approximate surface area is 176 Å². The van der Waals surface area contributed by atoms with Crippen LogP contribution in [0.15, 0.2) is 58.6 Å². The van der Waals surface area contributed by atoms with Crippen LogP contribution in [-0.2, 0) is 16.1 Å². The van der Waals surface area contributed by atoms with Gasteiger partial charge in [0.15, 0.2) is 5.17 Å². The molecular weight excluding hydrogens is 408 g/mol. The van der Waals surface area contributed by atoms with Crippen molar-refractivity contribution >= 4 is 63.0 Å². The van der Waals surface area contributed by atoms with Gasteiger partial charge in [0.05, 0.1) is 10.6 Å². The number of hydrogen-bond acceptors (Lipinski definition) is 4. The Morgan fingerprint density at radius 1 is 1.31 bits per heavy atom. The van der Waals surface area contributed by atoms with E-state index in [1.165, 1.54) is 11.8 Å². The first kappa shape index (κ1) is 19.3. The molecule has 0 bridgehead atoms. The van der Waals surface area contributed by atoms with Gasteiger partial charge in [0, 0.05) is 27.7 Å². The number of fused-ring (bicyclic) bond motifs is 1. The zero-order valence-electron chi connectivity index (χ0n) is 15.5. The van der Waals surface area contributed by atoms with Crippen molar-refractivity contribution in [3.05, 3.63) is 69.7 Å². The fourth-order valence-electron chi connectivity index (χ4n) is 3.12. The van der Waals surface area contributed by atoms with Gasteiger partial charge < -0.3 is 15.6 Å². The van der Waals surface area contributed by atoms with Gasteiger partial charge in [-0.25, -0.2) is 4.99 Å². The molecule has 3 aromatic rings. The normalized spacial score (nSPS) is 16.7. The van der Waals surface area contributed by atoms with Crippen molar-refractivity contribution in [1.29, 1.82) is 0 Å². The number of para-hydroxylation sites is 1. The molecule has 1 saturated heterocycles. The highest BCUT2D eigenvalue weighted by Crippen LogP contribution is 2.32. The van der Waals surface area contributed by atoms with Crippen molar-refractivity contribution in [1.82, 2.24) is 9.88 Å². The molecule has 29 heavy (non-hydrogen) atoms. The van der Waals surface area contributed by atoms with E-state index in [4.69, 9.17) is 17.3 Å². The van der Waals surface area contributed by atoms with Crippen LogP contribution in [0.5, 0.6) is 0 Å². The molecule has 146 valence electrons. The van der Waals surface area contributed by atoms with Crippen molar-refractivity contribution in [3.8, 4) is 0 Å². The molecule has 1 aliphatic heterocycles. The van der Waals surface area contributed by atoms with Crippen molar-refractivity contribution in [2.24, 2.45) is 10.7 Å². The van der Waals surface area contributed by atoms with E-state index in [1.54, 1.807) is 22.8 Å². The number of primary amides is 1. The van der Waals surface area contributed by atoms with Gasteiger partial charge in [-0.3, -0.25) is 9.59 Å². The highest BCUT2D eigenvalue weighted by atomic mass is 35.5. The summed E-state index contributed by atoms with van der Waals surface area (Å²) in [6, 6.07) is 13.1. The van der Waals surface area contributed by atoms with Crippen LogP contribution in [0.1, 0.15) is 11.1 Å². The van der Waals surface area contributed by atoms with Gasteiger partial charge in [-0.2, -0.15) is 0 Å². The van der Waals surface area contributed by atoms with Crippen LogP contribution < -0.4 is 11.1 Å². The van der Waals surface area contributed by atoms with Crippen LogP contribution in [0.2, 0.25) is 5.02 Å². The summed E-state index contributed by atoms with van der Waals surface area (Å²) in [6.45, 7) is 2.01. The monoisotopic (exact) mass is 424 g/mol.